The van der Waals surface area contributed by atoms with E-state index in [4.69, 9.17) is 0 Å². The van der Waals surface area contributed by atoms with Crippen molar-refractivity contribution in [2.45, 2.75) is 71.3 Å². The van der Waals surface area contributed by atoms with Crippen molar-refractivity contribution in [2.24, 2.45) is 5.92 Å². The molecule has 1 saturated carbocycles. The number of aromatic carboxylic acids is 1. The van der Waals surface area contributed by atoms with Crippen molar-refractivity contribution in [2.75, 3.05) is 4.90 Å². The van der Waals surface area contributed by atoms with Crippen molar-refractivity contribution < 1.29 is 19.8 Å². The molecule has 0 atom stereocenters. The van der Waals surface area contributed by atoms with Gasteiger partial charge in [0, 0.05) is 29.3 Å². The topological polar surface area (TPSA) is 77.8 Å². The van der Waals surface area contributed by atoms with E-state index in [2.05, 4.69) is 44.7 Å². The van der Waals surface area contributed by atoms with Crippen LogP contribution in [0.15, 0.2) is 66.7 Å². The van der Waals surface area contributed by atoms with E-state index in [1.165, 1.54) is 43.4 Å². The van der Waals surface area contributed by atoms with Gasteiger partial charge in [0.2, 0.25) is 5.91 Å². The molecule has 0 aliphatic heterocycles. The van der Waals surface area contributed by atoms with Crippen molar-refractivity contribution in [1.82, 2.24) is 0 Å². The minimum atomic E-state index is -1.21. The van der Waals surface area contributed by atoms with Gasteiger partial charge in [0.05, 0.1) is 6.54 Å². The third kappa shape index (κ3) is 7.51. The molecule has 39 heavy (non-hydrogen) atoms. The van der Waals surface area contributed by atoms with E-state index >= 15 is 0 Å². The summed E-state index contributed by atoms with van der Waals surface area (Å²) in [6.45, 7) is 6.88. The SMILES string of the molecule is CC(C)(C)c1ccc(C#Cc2ccc(CN(C(=O)CCC3CCCC3)c3ccc(C(=O)O)c(O)c3)cc2)cc1. The van der Waals surface area contributed by atoms with Crippen LogP contribution in [0.1, 0.15) is 91.9 Å². The van der Waals surface area contributed by atoms with Crippen LogP contribution in [0, 0.1) is 17.8 Å². The number of phenols is 1. The molecular weight excluding hydrogens is 486 g/mol. The Balaban J connectivity index is 1.50. The number of hydrogen-bond donors (Lipinski definition) is 2. The second kappa shape index (κ2) is 12.2. The zero-order chi connectivity index (χ0) is 28.0. The Morgan fingerprint density at radius 1 is 0.897 bits per heavy atom. The van der Waals surface area contributed by atoms with E-state index in [0.717, 1.165) is 23.1 Å². The van der Waals surface area contributed by atoms with Crippen molar-refractivity contribution in [3.63, 3.8) is 0 Å². The Bertz CT molecular complexity index is 1370. The molecule has 202 valence electrons. The Kier molecular flexibility index (Phi) is 8.76. The van der Waals surface area contributed by atoms with E-state index in [1.54, 1.807) is 11.0 Å². The van der Waals surface area contributed by atoms with E-state index in [1.807, 2.05) is 36.4 Å². The van der Waals surface area contributed by atoms with Crippen LogP contribution < -0.4 is 4.90 Å². The number of amides is 1. The van der Waals surface area contributed by atoms with Gasteiger partial charge in [0.1, 0.15) is 11.3 Å². The molecule has 1 aliphatic carbocycles. The number of carbonyl (C=O) groups excluding carboxylic acids is 1. The number of anilines is 1. The molecule has 0 saturated heterocycles. The summed E-state index contributed by atoms with van der Waals surface area (Å²) in [5, 5.41) is 19.6. The predicted molar refractivity (Wildman–Crippen MR) is 155 cm³/mol. The maximum absolute atomic E-state index is 13.4. The molecule has 0 bridgehead atoms. The summed E-state index contributed by atoms with van der Waals surface area (Å²) in [7, 11) is 0. The lowest BCUT2D eigenvalue weighted by Gasteiger charge is -2.24. The van der Waals surface area contributed by atoms with Crippen molar-refractivity contribution in [3.8, 4) is 17.6 Å². The number of carboxylic acids is 1. The maximum atomic E-state index is 13.4. The molecule has 0 aromatic heterocycles. The summed E-state index contributed by atoms with van der Waals surface area (Å²) < 4.78 is 0. The monoisotopic (exact) mass is 523 g/mol. The van der Waals surface area contributed by atoms with E-state index in [-0.39, 0.29) is 22.6 Å². The first-order valence-electron chi connectivity index (χ1n) is 13.7. The van der Waals surface area contributed by atoms with Gasteiger partial charge in [-0.05, 0) is 65.3 Å². The van der Waals surface area contributed by atoms with Crippen LogP contribution in [-0.2, 0) is 16.8 Å². The first-order chi connectivity index (χ1) is 18.6. The van der Waals surface area contributed by atoms with Gasteiger partial charge >= 0.3 is 5.97 Å². The Labute approximate surface area is 231 Å². The van der Waals surface area contributed by atoms with Gasteiger partial charge in [0.15, 0.2) is 0 Å². The molecule has 1 fully saturated rings. The normalized spacial score (nSPS) is 13.5. The van der Waals surface area contributed by atoms with Gasteiger partial charge in [-0.25, -0.2) is 4.79 Å². The molecule has 3 aromatic carbocycles. The summed E-state index contributed by atoms with van der Waals surface area (Å²) in [5.41, 5.74) is 4.42. The van der Waals surface area contributed by atoms with Crippen LogP contribution in [0.4, 0.5) is 5.69 Å². The van der Waals surface area contributed by atoms with Gasteiger partial charge in [-0.15, -0.1) is 0 Å². The van der Waals surface area contributed by atoms with E-state index in [0.29, 0.717) is 24.6 Å². The minimum absolute atomic E-state index is 0.0352. The molecule has 0 unspecified atom stereocenters. The van der Waals surface area contributed by atoms with Crippen molar-refractivity contribution in [1.29, 1.82) is 0 Å². The number of carbonyl (C=O) groups is 2. The fraction of sp³-hybridized carbons (Fsp3) is 0.353. The van der Waals surface area contributed by atoms with Crippen LogP contribution in [0.5, 0.6) is 5.75 Å². The minimum Gasteiger partial charge on any atom is -0.507 e. The smallest absolute Gasteiger partial charge is 0.339 e. The lowest BCUT2D eigenvalue weighted by atomic mass is 9.87. The van der Waals surface area contributed by atoms with Crippen LogP contribution in [-0.4, -0.2) is 22.1 Å². The highest BCUT2D eigenvalue weighted by Gasteiger charge is 2.22. The lowest BCUT2D eigenvalue weighted by Crippen LogP contribution is -2.30. The molecule has 3 aromatic rings. The molecule has 0 spiro atoms. The predicted octanol–water partition coefficient (Wildman–Crippen LogP) is 7.29. The number of benzene rings is 3. The van der Waals surface area contributed by atoms with Gasteiger partial charge in [0.25, 0.3) is 0 Å². The summed E-state index contributed by atoms with van der Waals surface area (Å²) in [6.07, 6.45) is 6.06. The van der Waals surface area contributed by atoms with Gasteiger partial charge < -0.3 is 15.1 Å². The third-order valence-electron chi connectivity index (χ3n) is 7.46. The Morgan fingerprint density at radius 3 is 2.03 bits per heavy atom. The largest absolute Gasteiger partial charge is 0.507 e. The molecule has 2 N–H and O–H groups in total. The van der Waals surface area contributed by atoms with Crippen LogP contribution in [0.3, 0.4) is 0 Å². The van der Waals surface area contributed by atoms with Crippen molar-refractivity contribution in [3.05, 3.63) is 94.5 Å². The highest BCUT2D eigenvalue weighted by molar-refractivity contribution is 5.96. The van der Waals surface area contributed by atoms with Crippen LogP contribution in [0.2, 0.25) is 0 Å². The number of rotatable bonds is 7. The number of nitrogens with zero attached hydrogens (tertiary/aromatic N) is 1. The zero-order valence-electron chi connectivity index (χ0n) is 23.0. The highest BCUT2D eigenvalue weighted by Crippen LogP contribution is 2.31. The fourth-order valence-corrected chi connectivity index (χ4v) is 5.03. The molecule has 0 heterocycles. The van der Waals surface area contributed by atoms with Crippen LogP contribution >= 0.6 is 0 Å². The summed E-state index contributed by atoms with van der Waals surface area (Å²) in [4.78, 5) is 26.3. The van der Waals surface area contributed by atoms with E-state index in [9.17, 15) is 19.8 Å². The maximum Gasteiger partial charge on any atom is 0.339 e. The van der Waals surface area contributed by atoms with Crippen LogP contribution in [0.25, 0.3) is 0 Å². The zero-order valence-corrected chi connectivity index (χ0v) is 23.0. The average molecular weight is 524 g/mol. The Morgan fingerprint density at radius 2 is 1.49 bits per heavy atom. The first kappa shape index (κ1) is 28.0. The molecule has 0 radical (unpaired) electrons. The number of aromatic hydroxyl groups is 1. The number of hydrogen-bond acceptors (Lipinski definition) is 3. The molecule has 4 rings (SSSR count). The molecule has 1 aliphatic rings. The molecule has 1 amide bonds. The quantitative estimate of drug-likeness (QED) is 0.319. The second-order valence-corrected chi connectivity index (χ2v) is 11.4. The summed E-state index contributed by atoms with van der Waals surface area (Å²) in [6, 6.07) is 20.4. The van der Waals surface area contributed by atoms with Crippen molar-refractivity contribution >= 4 is 17.6 Å². The fourth-order valence-electron chi connectivity index (χ4n) is 5.03. The second-order valence-electron chi connectivity index (χ2n) is 11.4. The van der Waals surface area contributed by atoms with Gasteiger partial charge in [-0.1, -0.05) is 82.6 Å². The molecule has 5 heteroatoms. The van der Waals surface area contributed by atoms with E-state index < -0.39 is 5.97 Å². The standard InChI is InChI=1S/C34H37NO4/c1-34(2,3)28-17-14-26(15-18-28)9-8-25-10-12-27(13-11-25)23-35(32(37)21-16-24-6-4-5-7-24)29-19-20-30(33(38)39)31(36)22-29/h10-15,17-20,22,24,36H,4-7,16,21,23H2,1-3H3,(H,38,39). The van der Waals surface area contributed by atoms with Gasteiger partial charge in [-0.3, -0.25) is 4.79 Å². The average Bonchev–Trinajstić information content (AvgIpc) is 3.43. The Hall–Kier alpha value is -4.04. The van der Waals surface area contributed by atoms with Gasteiger partial charge in [-0.2, -0.15) is 0 Å². The summed E-state index contributed by atoms with van der Waals surface area (Å²) >= 11 is 0. The number of carboxylic acid groups (broad SMARTS) is 1. The summed E-state index contributed by atoms with van der Waals surface area (Å²) in [5.74, 6) is 5.42. The first-order valence-corrected chi connectivity index (χ1v) is 13.7. The molecular formula is C34H37NO4. The molecule has 5 nitrogen and oxygen atoms in total. The lowest BCUT2D eigenvalue weighted by molar-refractivity contribution is -0.119. The highest BCUT2D eigenvalue weighted by atomic mass is 16.4. The third-order valence-corrected chi connectivity index (χ3v) is 7.46.